The second-order valence-corrected chi connectivity index (χ2v) is 8.16. The molecule has 0 spiro atoms. The van der Waals surface area contributed by atoms with Gasteiger partial charge in [0.1, 0.15) is 6.61 Å². The second kappa shape index (κ2) is 7.55. The fourth-order valence-electron chi connectivity index (χ4n) is 4.39. The summed E-state index contributed by atoms with van der Waals surface area (Å²) in [5, 5.41) is 12.3. The Labute approximate surface area is 175 Å². The van der Waals surface area contributed by atoms with Crippen LogP contribution in [-0.4, -0.2) is 25.5 Å². The number of rotatable bonds is 6. The van der Waals surface area contributed by atoms with Gasteiger partial charge in [-0.05, 0) is 78.1 Å². The highest BCUT2D eigenvalue weighted by Gasteiger charge is 2.28. The summed E-state index contributed by atoms with van der Waals surface area (Å²) in [6.07, 6.45) is 5.75. The standard InChI is InChI=1S/C23H25N5O2/c1-15(18-8-3-6-16-7-4-9-19(16)18)24-30-14-21-20(17-12-13-17)10-5-11-22(21)28-23(29)27(2)25-26-28/h3,5-6,8,10-11,17H,4,7,9,12-14H2,1-2H3. The normalized spacial score (nSPS) is 16.0. The van der Waals surface area contributed by atoms with Gasteiger partial charge in [0, 0.05) is 18.2 Å². The van der Waals surface area contributed by atoms with Gasteiger partial charge in [-0.15, -0.1) is 0 Å². The van der Waals surface area contributed by atoms with Crippen molar-refractivity contribution in [2.75, 3.05) is 0 Å². The Morgan fingerprint density at radius 3 is 2.77 bits per heavy atom. The average Bonchev–Trinajstić information content (AvgIpc) is 3.40. The molecule has 0 saturated heterocycles. The Kier molecular flexibility index (Phi) is 4.73. The predicted molar refractivity (Wildman–Crippen MR) is 114 cm³/mol. The molecular weight excluding hydrogens is 378 g/mol. The Morgan fingerprint density at radius 2 is 2.00 bits per heavy atom. The molecular formula is C23H25N5O2. The zero-order valence-electron chi connectivity index (χ0n) is 17.3. The summed E-state index contributed by atoms with van der Waals surface area (Å²) >= 11 is 0. The molecule has 1 heterocycles. The number of hydrogen-bond donors (Lipinski definition) is 0. The molecule has 5 rings (SSSR count). The van der Waals surface area contributed by atoms with Gasteiger partial charge in [-0.3, -0.25) is 0 Å². The zero-order valence-corrected chi connectivity index (χ0v) is 17.3. The maximum Gasteiger partial charge on any atom is 0.368 e. The van der Waals surface area contributed by atoms with Crippen LogP contribution in [0.15, 0.2) is 46.3 Å². The van der Waals surface area contributed by atoms with Crippen LogP contribution in [0.3, 0.4) is 0 Å². The van der Waals surface area contributed by atoms with Gasteiger partial charge in [0.05, 0.1) is 11.4 Å². The summed E-state index contributed by atoms with van der Waals surface area (Å²) in [6, 6.07) is 12.4. The predicted octanol–water partition coefficient (Wildman–Crippen LogP) is 3.27. The summed E-state index contributed by atoms with van der Waals surface area (Å²) in [7, 11) is 1.60. The Bertz CT molecular complexity index is 1190. The first-order valence-corrected chi connectivity index (χ1v) is 10.5. The van der Waals surface area contributed by atoms with Crippen molar-refractivity contribution in [3.8, 4) is 5.69 Å². The van der Waals surface area contributed by atoms with E-state index in [1.165, 1.54) is 38.0 Å². The van der Waals surface area contributed by atoms with Crippen LogP contribution in [0.25, 0.3) is 5.69 Å². The molecule has 0 amide bonds. The van der Waals surface area contributed by atoms with Gasteiger partial charge in [0.2, 0.25) is 0 Å². The van der Waals surface area contributed by atoms with Crippen molar-refractivity contribution in [3.63, 3.8) is 0 Å². The topological polar surface area (TPSA) is 74.3 Å². The number of aromatic nitrogens is 4. The number of oxime groups is 1. The van der Waals surface area contributed by atoms with Gasteiger partial charge in [0.15, 0.2) is 0 Å². The molecule has 7 nitrogen and oxygen atoms in total. The van der Waals surface area contributed by atoms with Crippen LogP contribution in [0, 0.1) is 0 Å². The first-order valence-electron chi connectivity index (χ1n) is 10.5. The first kappa shape index (κ1) is 18.8. The lowest BCUT2D eigenvalue weighted by molar-refractivity contribution is 0.129. The number of aryl methyl sites for hydroxylation is 2. The van der Waals surface area contributed by atoms with Crippen molar-refractivity contribution < 1.29 is 4.84 Å². The van der Waals surface area contributed by atoms with E-state index in [1.54, 1.807) is 7.05 Å². The third-order valence-corrected chi connectivity index (χ3v) is 6.10. The molecule has 0 atom stereocenters. The van der Waals surface area contributed by atoms with E-state index < -0.39 is 0 Å². The van der Waals surface area contributed by atoms with E-state index in [0.29, 0.717) is 11.6 Å². The number of benzene rings is 2. The Morgan fingerprint density at radius 1 is 1.17 bits per heavy atom. The van der Waals surface area contributed by atoms with Gasteiger partial charge in [-0.1, -0.05) is 35.5 Å². The highest BCUT2D eigenvalue weighted by molar-refractivity contribution is 6.00. The van der Waals surface area contributed by atoms with Crippen LogP contribution in [-0.2, 0) is 31.3 Å². The molecule has 1 aromatic heterocycles. The smallest absolute Gasteiger partial charge is 0.368 e. The SMILES string of the molecule is CC(=NOCc1c(C2CC2)cccc1-n1nnn(C)c1=O)c1cccc2c1CCC2. The lowest BCUT2D eigenvalue weighted by Gasteiger charge is -2.13. The largest absolute Gasteiger partial charge is 0.391 e. The monoisotopic (exact) mass is 403 g/mol. The van der Waals surface area contributed by atoms with Crippen molar-refractivity contribution in [2.45, 2.75) is 51.6 Å². The van der Waals surface area contributed by atoms with Gasteiger partial charge in [-0.2, -0.15) is 9.36 Å². The number of hydrogen-bond acceptors (Lipinski definition) is 5. The van der Waals surface area contributed by atoms with Gasteiger partial charge < -0.3 is 4.84 Å². The van der Waals surface area contributed by atoms with E-state index in [1.807, 2.05) is 19.1 Å². The quantitative estimate of drug-likeness (QED) is 0.468. The van der Waals surface area contributed by atoms with E-state index in [0.717, 1.165) is 37.0 Å². The molecule has 1 saturated carbocycles. The van der Waals surface area contributed by atoms with E-state index in [9.17, 15) is 4.79 Å². The van der Waals surface area contributed by atoms with Crippen molar-refractivity contribution in [1.29, 1.82) is 0 Å². The van der Waals surface area contributed by atoms with E-state index in [2.05, 4.69) is 39.8 Å². The van der Waals surface area contributed by atoms with Crippen LogP contribution in [0.2, 0.25) is 0 Å². The molecule has 3 aromatic rings. The summed E-state index contributed by atoms with van der Waals surface area (Å²) in [5.74, 6) is 0.512. The molecule has 1 fully saturated rings. The van der Waals surface area contributed by atoms with Crippen molar-refractivity contribution >= 4 is 5.71 Å². The Balaban J connectivity index is 1.45. The lowest BCUT2D eigenvalue weighted by Crippen LogP contribution is -2.23. The van der Waals surface area contributed by atoms with Crippen LogP contribution >= 0.6 is 0 Å². The highest BCUT2D eigenvalue weighted by atomic mass is 16.6. The summed E-state index contributed by atoms with van der Waals surface area (Å²) < 4.78 is 2.57. The molecule has 2 aromatic carbocycles. The maximum absolute atomic E-state index is 12.4. The van der Waals surface area contributed by atoms with Crippen molar-refractivity contribution in [1.82, 2.24) is 19.8 Å². The zero-order chi connectivity index (χ0) is 20.7. The molecule has 0 aliphatic heterocycles. The molecule has 2 aliphatic rings. The molecule has 7 heteroatoms. The van der Waals surface area contributed by atoms with E-state index in [4.69, 9.17) is 4.84 Å². The number of fused-ring (bicyclic) bond motifs is 1. The molecule has 2 aliphatic carbocycles. The van der Waals surface area contributed by atoms with E-state index >= 15 is 0 Å². The number of nitrogens with zero attached hydrogens (tertiary/aromatic N) is 5. The summed E-state index contributed by atoms with van der Waals surface area (Å²) in [6.45, 7) is 2.28. The number of tetrazole rings is 1. The molecule has 0 N–H and O–H groups in total. The Hall–Kier alpha value is -3.22. The highest BCUT2D eigenvalue weighted by Crippen LogP contribution is 2.43. The van der Waals surface area contributed by atoms with Crippen molar-refractivity contribution in [3.05, 3.63) is 74.7 Å². The average molecular weight is 403 g/mol. The van der Waals surface area contributed by atoms with Gasteiger partial charge in [0.25, 0.3) is 0 Å². The van der Waals surface area contributed by atoms with Crippen LogP contribution in [0.1, 0.15) is 59.9 Å². The third kappa shape index (κ3) is 3.34. The summed E-state index contributed by atoms with van der Waals surface area (Å²) in [5.41, 5.74) is 7.48. The van der Waals surface area contributed by atoms with Crippen molar-refractivity contribution in [2.24, 2.45) is 12.2 Å². The second-order valence-electron chi connectivity index (χ2n) is 8.16. The minimum absolute atomic E-state index is 0.274. The van der Waals surface area contributed by atoms with Crippen LogP contribution in [0.5, 0.6) is 0 Å². The molecule has 0 radical (unpaired) electrons. The molecule has 154 valence electrons. The van der Waals surface area contributed by atoms with Gasteiger partial charge in [-0.25, -0.2) is 4.79 Å². The maximum atomic E-state index is 12.4. The minimum atomic E-state index is -0.274. The minimum Gasteiger partial charge on any atom is -0.391 e. The third-order valence-electron chi connectivity index (χ3n) is 6.10. The van der Waals surface area contributed by atoms with Gasteiger partial charge >= 0.3 is 5.69 Å². The summed E-state index contributed by atoms with van der Waals surface area (Å²) in [4.78, 5) is 18.3. The van der Waals surface area contributed by atoms with E-state index in [-0.39, 0.29) is 12.3 Å². The molecule has 0 bridgehead atoms. The van der Waals surface area contributed by atoms with Crippen LogP contribution in [0.4, 0.5) is 0 Å². The lowest BCUT2D eigenvalue weighted by atomic mass is 10.0. The fraction of sp³-hybridized carbons (Fsp3) is 0.391. The fourth-order valence-corrected chi connectivity index (χ4v) is 4.39. The van der Waals surface area contributed by atoms with Crippen LogP contribution < -0.4 is 5.69 Å². The first-order chi connectivity index (χ1) is 14.6. The molecule has 0 unspecified atom stereocenters. The molecule has 30 heavy (non-hydrogen) atoms.